The van der Waals surface area contributed by atoms with Crippen LogP contribution in [-0.2, 0) is 11.2 Å². The molecule has 3 aromatic rings. The first-order valence-corrected chi connectivity index (χ1v) is 10.3. The van der Waals surface area contributed by atoms with E-state index >= 15 is 0 Å². The third kappa shape index (κ3) is 2.78. The molecule has 0 saturated carbocycles. The molecule has 0 radical (unpaired) electrons. The number of hydrogen-bond donors (Lipinski definition) is 0. The highest BCUT2D eigenvalue weighted by Crippen LogP contribution is 2.44. The molecule has 3 heterocycles. The summed E-state index contributed by atoms with van der Waals surface area (Å²) in [4.78, 5) is 26.0. The lowest BCUT2D eigenvalue weighted by molar-refractivity contribution is -0.118. The van der Waals surface area contributed by atoms with Crippen molar-refractivity contribution in [1.29, 1.82) is 0 Å². The van der Waals surface area contributed by atoms with Gasteiger partial charge < -0.3 is 18.6 Å². The van der Waals surface area contributed by atoms with Gasteiger partial charge in [-0.3, -0.25) is 9.59 Å². The van der Waals surface area contributed by atoms with Crippen molar-refractivity contribution < 1.29 is 23.4 Å². The van der Waals surface area contributed by atoms with Crippen LogP contribution in [0.15, 0.2) is 57.1 Å². The number of hydrogen-bond acceptors (Lipinski definition) is 6. The average Bonchev–Trinajstić information content (AvgIpc) is 3.20. The van der Waals surface area contributed by atoms with Crippen molar-refractivity contribution in [1.82, 2.24) is 0 Å². The number of Topliss-reactive ketones (excluding diaryl/α,β-unsaturated/α-hetero) is 1. The maximum absolute atomic E-state index is 13.3. The minimum atomic E-state index is -0.140. The van der Waals surface area contributed by atoms with Crippen LogP contribution in [0, 0.1) is 5.41 Å². The molecule has 6 heteroatoms. The van der Waals surface area contributed by atoms with Gasteiger partial charge in [-0.2, -0.15) is 0 Å². The molecule has 156 valence electrons. The van der Waals surface area contributed by atoms with Crippen LogP contribution in [0.4, 0.5) is 0 Å². The van der Waals surface area contributed by atoms with Gasteiger partial charge in [-0.05, 0) is 35.2 Å². The van der Waals surface area contributed by atoms with E-state index in [9.17, 15) is 9.59 Å². The van der Waals surface area contributed by atoms with Crippen LogP contribution in [0.25, 0.3) is 22.1 Å². The van der Waals surface area contributed by atoms with Gasteiger partial charge in [0.05, 0.1) is 10.9 Å². The summed E-state index contributed by atoms with van der Waals surface area (Å²) in [5, 5.41) is 0.463. The van der Waals surface area contributed by atoms with Crippen molar-refractivity contribution in [3.8, 4) is 28.4 Å². The molecular formula is C25H20O6. The second kappa shape index (κ2) is 6.23. The quantitative estimate of drug-likeness (QED) is 0.569. The Bertz CT molecular complexity index is 1370. The van der Waals surface area contributed by atoms with Crippen molar-refractivity contribution in [2.45, 2.75) is 33.1 Å². The zero-order chi connectivity index (χ0) is 21.3. The Hall–Kier alpha value is -3.54. The predicted octanol–water partition coefficient (Wildman–Crippen LogP) is 4.77. The smallest absolute Gasteiger partial charge is 0.231 e. The summed E-state index contributed by atoms with van der Waals surface area (Å²) in [6, 6.07) is 8.91. The molecule has 0 fully saturated rings. The van der Waals surface area contributed by atoms with E-state index in [1.54, 1.807) is 24.3 Å². The van der Waals surface area contributed by atoms with E-state index in [0.29, 0.717) is 57.8 Å². The number of benzene rings is 2. The summed E-state index contributed by atoms with van der Waals surface area (Å²) in [6.07, 6.45) is 3.10. The number of fused-ring (bicyclic) bond motifs is 4. The lowest BCUT2D eigenvalue weighted by atomic mass is 9.74. The van der Waals surface area contributed by atoms with Crippen LogP contribution in [0.3, 0.4) is 0 Å². The molecule has 3 aliphatic rings. The van der Waals surface area contributed by atoms with Gasteiger partial charge in [-0.15, -0.1) is 0 Å². The minimum Gasteiger partial charge on any atom is -0.463 e. The molecular weight excluding hydrogens is 396 g/mol. The van der Waals surface area contributed by atoms with E-state index < -0.39 is 0 Å². The van der Waals surface area contributed by atoms with Crippen LogP contribution in [0.5, 0.6) is 17.2 Å². The van der Waals surface area contributed by atoms with E-state index in [-0.39, 0.29) is 23.4 Å². The number of allylic oxidation sites excluding steroid dienone is 2. The molecule has 6 nitrogen and oxygen atoms in total. The predicted molar refractivity (Wildman–Crippen MR) is 113 cm³/mol. The third-order valence-electron chi connectivity index (χ3n) is 6.22. The fraction of sp³-hybridized carbons (Fsp3) is 0.280. The largest absolute Gasteiger partial charge is 0.463 e. The summed E-state index contributed by atoms with van der Waals surface area (Å²) in [7, 11) is 0. The molecule has 0 spiro atoms. The number of carbonyl (C=O) groups excluding carboxylic acids is 1. The summed E-state index contributed by atoms with van der Waals surface area (Å²) in [5.74, 6) is 2.76. The maximum Gasteiger partial charge on any atom is 0.231 e. The zero-order valence-corrected chi connectivity index (χ0v) is 17.2. The fourth-order valence-corrected chi connectivity index (χ4v) is 4.67. The molecule has 2 aromatic carbocycles. The zero-order valence-electron chi connectivity index (χ0n) is 17.2. The van der Waals surface area contributed by atoms with Crippen LogP contribution < -0.4 is 19.6 Å². The SMILES string of the molecule is CC1(C)CC(=O)C2=C(C1)Oc1ccc3c(=O)c(-c4ccc5c(c4)OCO5)coc3c1C2. The second-order valence-corrected chi connectivity index (χ2v) is 9.09. The minimum absolute atomic E-state index is 0.105. The van der Waals surface area contributed by atoms with Gasteiger partial charge in [0, 0.05) is 30.4 Å². The third-order valence-corrected chi connectivity index (χ3v) is 6.22. The molecule has 0 bridgehead atoms. The van der Waals surface area contributed by atoms with Crippen LogP contribution >= 0.6 is 0 Å². The van der Waals surface area contributed by atoms with E-state index in [4.69, 9.17) is 18.6 Å². The average molecular weight is 416 g/mol. The Balaban J connectivity index is 1.46. The monoisotopic (exact) mass is 416 g/mol. The van der Waals surface area contributed by atoms with Crippen molar-refractivity contribution in [2.24, 2.45) is 5.41 Å². The molecule has 0 N–H and O–H groups in total. The first-order chi connectivity index (χ1) is 14.9. The lowest BCUT2D eigenvalue weighted by Gasteiger charge is -2.34. The Morgan fingerprint density at radius 1 is 0.935 bits per heavy atom. The molecule has 0 amide bonds. The molecule has 1 aliphatic carbocycles. The summed E-state index contributed by atoms with van der Waals surface area (Å²) >= 11 is 0. The van der Waals surface area contributed by atoms with Gasteiger partial charge in [-0.25, -0.2) is 0 Å². The normalized spacial score (nSPS) is 18.6. The summed E-state index contributed by atoms with van der Waals surface area (Å²) < 4.78 is 22.9. The molecule has 2 aliphatic heterocycles. The maximum atomic E-state index is 13.3. The van der Waals surface area contributed by atoms with Crippen molar-refractivity contribution in [3.05, 3.63) is 63.7 Å². The fourth-order valence-electron chi connectivity index (χ4n) is 4.67. The topological polar surface area (TPSA) is 75.0 Å². The van der Waals surface area contributed by atoms with Gasteiger partial charge in [0.1, 0.15) is 23.4 Å². The first kappa shape index (κ1) is 18.2. The van der Waals surface area contributed by atoms with Crippen molar-refractivity contribution >= 4 is 16.8 Å². The van der Waals surface area contributed by atoms with Crippen molar-refractivity contribution in [3.63, 3.8) is 0 Å². The van der Waals surface area contributed by atoms with Gasteiger partial charge in [0.25, 0.3) is 0 Å². The van der Waals surface area contributed by atoms with E-state index in [2.05, 4.69) is 13.8 Å². The summed E-state index contributed by atoms with van der Waals surface area (Å²) in [5.41, 5.74) is 2.80. The van der Waals surface area contributed by atoms with Crippen LogP contribution in [0.2, 0.25) is 0 Å². The van der Waals surface area contributed by atoms with E-state index in [1.807, 2.05) is 6.07 Å². The summed E-state index contributed by atoms with van der Waals surface area (Å²) in [6.45, 7) is 4.32. The Labute approximate surface area is 178 Å². The Morgan fingerprint density at radius 3 is 2.61 bits per heavy atom. The molecule has 0 saturated heterocycles. The molecule has 0 atom stereocenters. The van der Waals surface area contributed by atoms with Crippen LogP contribution in [-0.4, -0.2) is 12.6 Å². The van der Waals surface area contributed by atoms with Crippen molar-refractivity contribution in [2.75, 3.05) is 6.79 Å². The molecule has 0 unspecified atom stereocenters. The number of rotatable bonds is 1. The number of carbonyl (C=O) groups is 1. The van der Waals surface area contributed by atoms with E-state index in [0.717, 1.165) is 17.7 Å². The highest BCUT2D eigenvalue weighted by molar-refractivity contribution is 5.99. The highest BCUT2D eigenvalue weighted by Gasteiger charge is 2.37. The van der Waals surface area contributed by atoms with E-state index in [1.165, 1.54) is 6.26 Å². The van der Waals surface area contributed by atoms with Gasteiger partial charge in [0.2, 0.25) is 12.2 Å². The van der Waals surface area contributed by atoms with Crippen LogP contribution in [0.1, 0.15) is 32.3 Å². The van der Waals surface area contributed by atoms with Gasteiger partial charge in [0.15, 0.2) is 17.3 Å². The number of ether oxygens (including phenoxy) is 3. The van der Waals surface area contributed by atoms with Gasteiger partial charge in [-0.1, -0.05) is 19.9 Å². The molecule has 31 heavy (non-hydrogen) atoms. The molecule has 6 rings (SSSR count). The molecule has 1 aromatic heterocycles. The Morgan fingerprint density at radius 2 is 1.74 bits per heavy atom. The van der Waals surface area contributed by atoms with Gasteiger partial charge >= 0.3 is 0 Å². The standard InChI is InChI=1S/C25H20O6/c1-25(2)9-18(26)15-8-16-19(31-22(15)10-25)6-4-14-23(27)17(11-28-24(14)16)13-3-5-20-21(7-13)30-12-29-20/h3-7,11H,8-10,12H2,1-2H3. The lowest BCUT2D eigenvalue weighted by Crippen LogP contribution is -2.30. The first-order valence-electron chi connectivity index (χ1n) is 10.3. The number of ketones is 1. The Kier molecular flexibility index (Phi) is 3.67. The highest BCUT2D eigenvalue weighted by atomic mass is 16.7. The second-order valence-electron chi connectivity index (χ2n) is 9.09.